The maximum absolute atomic E-state index is 5.82. The fourth-order valence-corrected chi connectivity index (χ4v) is 4.54. The highest BCUT2D eigenvalue weighted by atomic mass is 32.1. The average molecular weight is 371 g/mol. The number of rotatable bonds is 6. The second-order valence-corrected chi connectivity index (χ2v) is 8.27. The van der Waals surface area contributed by atoms with Crippen LogP contribution in [0.1, 0.15) is 67.9 Å². The van der Waals surface area contributed by atoms with Crippen LogP contribution in [-0.4, -0.2) is 32.9 Å². The fourth-order valence-electron chi connectivity index (χ4n) is 4.20. The molecule has 1 saturated heterocycles. The van der Waals surface area contributed by atoms with Crippen molar-refractivity contribution in [2.75, 3.05) is 13.7 Å². The van der Waals surface area contributed by atoms with E-state index < -0.39 is 0 Å². The monoisotopic (exact) mass is 370 g/mol. The third-order valence-corrected chi connectivity index (χ3v) is 6.34. The largest absolute Gasteiger partial charge is 0.497 e. The summed E-state index contributed by atoms with van der Waals surface area (Å²) in [5.74, 6) is 2.81. The lowest BCUT2D eigenvalue weighted by Crippen LogP contribution is -2.27. The first-order valence-corrected chi connectivity index (χ1v) is 10.2. The van der Waals surface area contributed by atoms with Gasteiger partial charge in [-0.1, -0.05) is 12.1 Å². The highest BCUT2D eigenvalue weighted by molar-refractivity contribution is 7.71. The van der Waals surface area contributed by atoms with Crippen molar-refractivity contribution in [2.24, 2.45) is 0 Å². The smallest absolute Gasteiger partial charge is 0.199 e. The molecular formula is C20H26N4OS. The van der Waals surface area contributed by atoms with Gasteiger partial charge in [-0.3, -0.25) is 4.90 Å². The molecular weight excluding hydrogens is 344 g/mol. The van der Waals surface area contributed by atoms with Crippen LogP contribution in [0.4, 0.5) is 0 Å². The molecule has 1 aromatic carbocycles. The normalized spacial score (nSPS) is 23.5. The molecule has 26 heavy (non-hydrogen) atoms. The van der Waals surface area contributed by atoms with Crippen molar-refractivity contribution in [3.05, 3.63) is 40.4 Å². The first kappa shape index (κ1) is 16.5. The van der Waals surface area contributed by atoms with E-state index in [0.717, 1.165) is 23.7 Å². The van der Waals surface area contributed by atoms with Crippen molar-refractivity contribution in [3.63, 3.8) is 0 Å². The lowest BCUT2D eigenvalue weighted by molar-refractivity contribution is 0.189. The molecule has 0 amide bonds. The van der Waals surface area contributed by atoms with Crippen LogP contribution in [-0.2, 0) is 6.67 Å². The number of hydrogen-bond acceptors (Lipinski definition) is 4. The highest BCUT2D eigenvalue weighted by Crippen LogP contribution is 2.44. The van der Waals surface area contributed by atoms with Crippen LogP contribution in [0.2, 0.25) is 0 Å². The van der Waals surface area contributed by atoms with E-state index in [2.05, 4.69) is 38.4 Å². The van der Waals surface area contributed by atoms with Crippen molar-refractivity contribution in [1.82, 2.24) is 19.2 Å². The predicted molar refractivity (Wildman–Crippen MR) is 103 cm³/mol. The molecule has 5 rings (SSSR count). The van der Waals surface area contributed by atoms with Gasteiger partial charge in [-0.2, -0.15) is 5.10 Å². The van der Waals surface area contributed by atoms with Gasteiger partial charge < -0.3 is 9.30 Å². The SMILES string of the molecule is COc1ccc(C2CCCN2Cn2nc(C3CC3)n(C3CC3)c2=S)cc1. The first-order valence-electron chi connectivity index (χ1n) is 9.82. The summed E-state index contributed by atoms with van der Waals surface area (Å²) in [6.07, 6.45) is 7.49. The first-order chi connectivity index (χ1) is 12.7. The van der Waals surface area contributed by atoms with E-state index in [-0.39, 0.29) is 0 Å². The third kappa shape index (κ3) is 2.99. The summed E-state index contributed by atoms with van der Waals surface area (Å²) >= 11 is 5.82. The Morgan fingerprint density at radius 1 is 1.12 bits per heavy atom. The van der Waals surface area contributed by atoms with Crippen molar-refractivity contribution >= 4 is 12.2 Å². The summed E-state index contributed by atoms with van der Waals surface area (Å²) in [5, 5.41) is 4.97. The van der Waals surface area contributed by atoms with E-state index in [1.165, 1.54) is 49.9 Å². The van der Waals surface area contributed by atoms with Crippen LogP contribution in [0.3, 0.4) is 0 Å². The van der Waals surface area contributed by atoms with Crippen LogP contribution in [0.15, 0.2) is 24.3 Å². The number of hydrogen-bond donors (Lipinski definition) is 0. The minimum Gasteiger partial charge on any atom is -0.497 e. The summed E-state index contributed by atoms with van der Waals surface area (Å²) in [5.41, 5.74) is 1.36. The minimum absolute atomic E-state index is 0.443. The summed E-state index contributed by atoms with van der Waals surface area (Å²) < 4.78 is 10.7. The minimum atomic E-state index is 0.443. The standard InChI is InChI=1S/C20H26N4OS/c1-25-17-10-6-14(7-11-17)18-3-2-12-22(18)13-23-20(26)24(16-8-9-16)19(21-23)15-4-5-15/h6-7,10-11,15-16,18H,2-5,8-9,12-13H2,1H3. The Labute approximate surface area is 159 Å². The van der Waals surface area contributed by atoms with Crippen LogP contribution in [0, 0.1) is 4.77 Å². The zero-order chi connectivity index (χ0) is 17.7. The van der Waals surface area contributed by atoms with Crippen molar-refractivity contribution in [2.45, 2.75) is 63.2 Å². The number of nitrogens with zero attached hydrogens (tertiary/aromatic N) is 4. The Hall–Kier alpha value is -1.66. The third-order valence-electron chi connectivity index (χ3n) is 5.93. The summed E-state index contributed by atoms with van der Waals surface area (Å²) in [6, 6.07) is 9.56. The van der Waals surface area contributed by atoms with Crippen molar-refractivity contribution < 1.29 is 4.74 Å². The van der Waals surface area contributed by atoms with Gasteiger partial charge >= 0.3 is 0 Å². The molecule has 1 atom stereocenters. The van der Waals surface area contributed by atoms with Crippen molar-refractivity contribution in [1.29, 1.82) is 0 Å². The molecule has 2 heterocycles. The lowest BCUT2D eigenvalue weighted by atomic mass is 10.0. The molecule has 5 nitrogen and oxygen atoms in total. The second-order valence-electron chi connectivity index (χ2n) is 7.90. The molecule has 0 radical (unpaired) electrons. The Balaban J connectivity index is 1.39. The molecule has 3 aliphatic rings. The summed E-state index contributed by atoms with van der Waals surface area (Å²) in [4.78, 5) is 2.53. The van der Waals surface area contributed by atoms with Crippen molar-refractivity contribution in [3.8, 4) is 5.75 Å². The molecule has 138 valence electrons. The molecule has 2 saturated carbocycles. The molecule has 6 heteroatoms. The molecule has 0 N–H and O–H groups in total. The number of ether oxygens (including phenoxy) is 1. The predicted octanol–water partition coefficient (Wildman–Crippen LogP) is 4.43. The molecule has 1 aromatic heterocycles. The number of likely N-dealkylation sites (tertiary alicyclic amines) is 1. The van der Waals surface area contributed by atoms with E-state index in [1.807, 2.05) is 0 Å². The van der Waals surface area contributed by atoms with Gasteiger partial charge in [0.2, 0.25) is 0 Å². The van der Waals surface area contributed by atoms with Gasteiger partial charge in [0.15, 0.2) is 4.77 Å². The van der Waals surface area contributed by atoms with Crippen LogP contribution >= 0.6 is 12.2 Å². The molecule has 2 aromatic rings. The Bertz CT molecular complexity index is 848. The fraction of sp³-hybridized carbons (Fsp3) is 0.600. The Morgan fingerprint density at radius 3 is 2.54 bits per heavy atom. The maximum atomic E-state index is 5.82. The Morgan fingerprint density at radius 2 is 1.88 bits per heavy atom. The quantitative estimate of drug-likeness (QED) is 0.705. The number of benzene rings is 1. The van der Waals surface area contributed by atoms with E-state index >= 15 is 0 Å². The lowest BCUT2D eigenvalue weighted by Gasteiger charge is -2.24. The molecule has 1 aliphatic heterocycles. The summed E-state index contributed by atoms with van der Waals surface area (Å²) in [6.45, 7) is 1.91. The summed E-state index contributed by atoms with van der Waals surface area (Å²) in [7, 11) is 1.71. The number of methoxy groups -OCH3 is 1. The van der Waals surface area contributed by atoms with E-state index in [0.29, 0.717) is 18.0 Å². The molecule has 0 bridgehead atoms. The molecule has 0 spiro atoms. The van der Waals surface area contributed by atoms with Crippen LogP contribution in [0.5, 0.6) is 5.75 Å². The maximum Gasteiger partial charge on any atom is 0.199 e. The molecule has 1 unspecified atom stereocenters. The topological polar surface area (TPSA) is 35.2 Å². The Kier molecular flexibility index (Phi) is 4.13. The van der Waals surface area contributed by atoms with Gasteiger partial charge in [-0.25, -0.2) is 4.68 Å². The van der Waals surface area contributed by atoms with Gasteiger partial charge in [0, 0.05) is 24.5 Å². The van der Waals surface area contributed by atoms with Gasteiger partial charge in [0.25, 0.3) is 0 Å². The van der Waals surface area contributed by atoms with E-state index in [1.54, 1.807) is 7.11 Å². The number of aromatic nitrogens is 3. The van der Waals surface area contributed by atoms with Gasteiger partial charge in [0.1, 0.15) is 11.6 Å². The van der Waals surface area contributed by atoms with Gasteiger partial charge in [-0.15, -0.1) is 0 Å². The molecule has 3 fully saturated rings. The van der Waals surface area contributed by atoms with E-state index in [9.17, 15) is 0 Å². The zero-order valence-corrected chi connectivity index (χ0v) is 16.1. The van der Waals surface area contributed by atoms with Crippen LogP contribution < -0.4 is 4.74 Å². The van der Waals surface area contributed by atoms with E-state index in [4.69, 9.17) is 22.1 Å². The average Bonchev–Trinajstić information content (AvgIpc) is 3.59. The van der Waals surface area contributed by atoms with Crippen LogP contribution in [0.25, 0.3) is 0 Å². The zero-order valence-electron chi connectivity index (χ0n) is 15.3. The second kappa shape index (κ2) is 6.50. The molecule has 2 aliphatic carbocycles. The highest BCUT2D eigenvalue weighted by Gasteiger charge is 2.36. The van der Waals surface area contributed by atoms with Gasteiger partial charge in [0.05, 0.1) is 13.8 Å². The van der Waals surface area contributed by atoms with Gasteiger partial charge in [-0.05, 0) is 68.4 Å².